The van der Waals surface area contributed by atoms with Crippen LogP contribution in [0.1, 0.15) is 5.56 Å². The van der Waals surface area contributed by atoms with Gasteiger partial charge in [-0.2, -0.15) is 11.8 Å². The zero-order chi connectivity index (χ0) is 11.3. The number of halogens is 2. The highest BCUT2D eigenvalue weighted by Gasteiger charge is 2.02. The Morgan fingerprint density at radius 2 is 2.13 bits per heavy atom. The summed E-state index contributed by atoms with van der Waals surface area (Å²) in [5.41, 5.74) is 1.01. The fourth-order valence-electron chi connectivity index (χ4n) is 1.34. The predicted octanol–water partition coefficient (Wildman–Crippen LogP) is 3.38. The first-order chi connectivity index (χ1) is 7.11. The summed E-state index contributed by atoms with van der Waals surface area (Å²) < 4.78 is 13.9. The molecule has 0 N–H and O–H groups in total. The van der Waals surface area contributed by atoms with Crippen molar-refractivity contribution in [3.8, 4) is 0 Å². The third-order valence-corrected chi connectivity index (χ3v) is 3.10. The van der Waals surface area contributed by atoms with Crippen molar-refractivity contribution in [2.45, 2.75) is 6.54 Å². The average molecular weight is 292 g/mol. The Morgan fingerprint density at radius 1 is 1.40 bits per heavy atom. The van der Waals surface area contributed by atoms with E-state index in [1.807, 2.05) is 17.8 Å². The maximum atomic E-state index is 13.1. The molecule has 0 bridgehead atoms. The molecule has 84 valence electrons. The Hall–Kier alpha value is -0.0600. The monoisotopic (exact) mass is 291 g/mol. The third-order valence-electron chi connectivity index (χ3n) is 2.05. The molecule has 0 saturated carbocycles. The van der Waals surface area contributed by atoms with E-state index in [1.165, 1.54) is 6.07 Å². The Morgan fingerprint density at radius 3 is 2.73 bits per heavy atom. The third kappa shape index (κ3) is 5.00. The lowest BCUT2D eigenvalue weighted by atomic mass is 10.2. The van der Waals surface area contributed by atoms with Gasteiger partial charge in [-0.05, 0) is 37.1 Å². The zero-order valence-corrected chi connectivity index (χ0v) is 11.4. The van der Waals surface area contributed by atoms with E-state index in [1.54, 1.807) is 6.07 Å². The molecule has 0 spiro atoms. The van der Waals surface area contributed by atoms with E-state index in [0.717, 1.165) is 28.9 Å². The maximum Gasteiger partial charge on any atom is 0.124 e. The minimum Gasteiger partial charge on any atom is -0.301 e. The summed E-state index contributed by atoms with van der Waals surface area (Å²) in [6.45, 7) is 1.81. The van der Waals surface area contributed by atoms with E-state index >= 15 is 0 Å². The lowest BCUT2D eigenvalue weighted by Crippen LogP contribution is -2.20. The molecule has 0 saturated heterocycles. The van der Waals surface area contributed by atoms with Crippen LogP contribution in [0.2, 0.25) is 0 Å². The van der Waals surface area contributed by atoms with Crippen molar-refractivity contribution in [2.24, 2.45) is 0 Å². The summed E-state index contributed by atoms with van der Waals surface area (Å²) >= 11 is 5.11. The molecule has 0 heterocycles. The van der Waals surface area contributed by atoms with Gasteiger partial charge in [0.15, 0.2) is 0 Å². The molecular weight excluding hydrogens is 277 g/mol. The van der Waals surface area contributed by atoms with E-state index in [0.29, 0.717) is 0 Å². The summed E-state index contributed by atoms with van der Waals surface area (Å²) in [6, 6.07) is 5.02. The fraction of sp³-hybridized carbons (Fsp3) is 0.455. The van der Waals surface area contributed by atoms with Crippen molar-refractivity contribution >= 4 is 27.7 Å². The van der Waals surface area contributed by atoms with Crippen LogP contribution < -0.4 is 0 Å². The van der Waals surface area contributed by atoms with Crippen LogP contribution in [0.5, 0.6) is 0 Å². The molecule has 1 aromatic rings. The van der Waals surface area contributed by atoms with Crippen LogP contribution >= 0.6 is 27.7 Å². The highest BCUT2D eigenvalue weighted by molar-refractivity contribution is 9.10. The quantitative estimate of drug-likeness (QED) is 0.818. The first kappa shape index (κ1) is 13.0. The normalized spacial score (nSPS) is 11.0. The van der Waals surface area contributed by atoms with Crippen LogP contribution in [0.4, 0.5) is 4.39 Å². The van der Waals surface area contributed by atoms with E-state index in [9.17, 15) is 4.39 Å². The number of nitrogens with zero attached hydrogens (tertiary/aromatic N) is 1. The number of rotatable bonds is 5. The van der Waals surface area contributed by atoms with Crippen molar-refractivity contribution in [1.82, 2.24) is 4.90 Å². The van der Waals surface area contributed by atoms with Crippen LogP contribution in [0, 0.1) is 5.82 Å². The van der Waals surface area contributed by atoms with Crippen molar-refractivity contribution in [3.05, 3.63) is 34.1 Å². The molecule has 0 aromatic heterocycles. The summed E-state index contributed by atoms with van der Waals surface area (Å²) in [7, 11) is 2.05. The van der Waals surface area contributed by atoms with Gasteiger partial charge in [-0.1, -0.05) is 15.9 Å². The van der Waals surface area contributed by atoms with Crippen molar-refractivity contribution < 1.29 is 4.39 Å². The molecule has 0 fully saturated rings. The predicted molar refractivity (Wildman–Crippen MR) is 68.8 cm³/mol. The van der Waals surface area contributed by atoms with Crippen LogP contribution in [0.25, 0.3) is 0 Å². The number of hydrogen-bond acceptors (Lipinski definition) is 2. The molecule has 0 unspecified atom stereocenters. The van der Waals surface area contributed by atoms with Gasteiger partial charge < -0.3 is 4.90 Å². The molecule has 1 rings (SSSR count). The van der Waals surface area contributed by atoms with Crippen molar-refractivity contribution in [3.63, 3.8) is 0 Å². The van der Waals surface area contributed by atoms with Crippen LogP contribution in [0.3, 0.4) is 0 Å². The molecule has 15 heavy (non-hydrogen) atoms. The van der Waals surface area contributed by atoms with Gasteiger partial charge in [0.25, 0.3) is 0 Å². The molecule has 4 heteroatoms. The van der Waals surface area contributed by atoms with Gasteiger partial charge in [-0.3, -0.25) is 0 Å². The molecule has 1 aromatic carbocycles. The molecule has 0 amide bonds. The molecule has 0 aliphatic heterocycles. The van der Waals surface area contributed by atoms with Gasteiger partial charge in [0.1, 0.15) is 5.82 Å². The Labute approximate surface area is 103 Å². The van der Waals surface area contributed by atoms with Crippen LogP contribution in [-0.2, 0) is 6.54 Å². The SMILES string of the molecule is CSCCN(C)Cc1cc(F)cc(Br)c1. The smallest absolute Gasteiger partial charge is 0.124 e. The van der Waals surface area contributed by atoms with Gasteiger partial charge in [0.2, 0.25) is 0 Å². The van der Waals surface area contributed by atoms with Crippen LogP contribution in [0.15, 0.2) is 22.7 Å². The topological polar surface area (TPSA) is 3.24 Å². The fourth-order valence-corrected chi connectivity index (χ4v) is 2.35. The number of benzene rings is 1. The minimum absolute atomic E-state index is 0.183. The van der Waals surface area contributed by atoms with Gasteiger partial charge in [0.05, 0.1) is 0 Å². The molecule has 0 aliphatic carbocycles. The second-order valence-electron chi connectivity index (χ2n) is 3.51. The molecular formula is C11H15BrFNS. The van der Waals surface area contributed by atoms with E-state index in [4.69, 9.17) is 0 Å². The summed E-state index contributed by atoms with van der Waals surface area (Å²) in [5.74, 6) is 0.921. The first-order valence-electron chi connectivity index (χ1n) is 4.74. The second-order valence-corrected chi connectivity index (χ2v) is 5.41. The van der Waals surface area contributed by atoms with Crippen LogP contribution in [-0.4, -0.2) is 30.5 Å². The van der Waals surface area contributed by atoms with Gasteiger partial charge in [0, 0.05) is 23.3 Å². The maximum absolute atomic E-state index is 13.1. The van der Waals surface area contributed by atoms with Gasteiger partial charge >= 0.3 is 0 Å². The average Bonchev–Trinajstić information content (AvgIpc) is 2.13. The Balaban J connectivity index is 2.56. The number of hydrogen-bond donors (Lipinski definition) is 0. The summed E-state index contributed by atoms with van der Waals surface area (Å²) in [5, 5.41) is 0. The largest absolute Gasteiger partial charge is 0.301 e. The zero-order valence-electron chi connectivity index (χ0n) is 8.96. The van der Waals surface area contributed by atoms with E-state index < -0.39 is 0 Å². The van der Waals surface area contributed by atoms with Crippen molar-refractivity contribution in [1.29, 1.82) is 0 Å². The molecule has 0 aliphatic rings. The summed E-state index contributed by atoms with van der Waals surface area (Å²) in [4.78, 5) is 2.19. The Bertz CT molecular complexity index is 299. The first-order valence-corrected chi connectivity index (χ1v) is 6.93. The van der Waals surface area contributed by atoms with E-state index in [2.05, 4.69) is 34.1 Å². The highest BCUT2D eigenvalue weighted by Crippen LogP contribution is 2.16. The second kappa shape index (κ2) is 6.51. The highest BCUT2D eigenvalue weighted by atomic mass is 79.9. The molecule has 1 nitrogen and oxygen atoms in total. The molecule has 0 atom stereocenters. The Kier molecular flexibility index (Phi) is 5.64. The lowest BCUT2D eigenvalue weighted by Gasteiger charge is -2.16. The van der Waals surface area contributed by atoms with Gasteiger partial charge in [-0.15, -0.1) is 0 Å². The standard InChI is InChI=1S/C11H15BrFNS/c1-14(3-4-15-2)8-9-5-10(12)7-11(13)6-9/h5-7H,3-4,8H2,1-2H3. The van der Waals surface area contributed by atoms with E-state index in [-0.39, 0.29) is 5.82 Å². The van der Waals surface area contributed by atoms with Crippen molar-refractivity contribution in [2.75, 3.05) is 25.6 Å². The number of thioether (sulfide) groups is 1. The molecule has 0 radical (unpaired) electrons. The lowest BCUT2D eigenvalue weighted by molar-refractivity contribution is 0.348. The van der Waals surface area contributed by atoms with Gasteiger partial charge in [-0.25, -0.2) is 4.39 Å². The minimum atomic E-state index is -0.183. The summed E-state index contributed by atoms with van der Waals surface area (Å²) in [6.07, 6.45) is 2.09.